The van der Waals surface area contributed by atoms with E-state index in [1.807, 2.05) is 19.1 Å². The van der Waals surface area contributed by atoms with Crippen molar-refractivity contribution in [3.8, 4) is 11.6 Å². The molecule has 3 nitrogen and oxygen atoms in total. The number of nitrogens with zero attached hydrogens (tertiary/aromatic N) is 1. The molecule has 0 spiro atoms. The number of pyridine rings is 1. The van der Waals surface area contributed by atoms with Gasteiger partial charge in [-0.15, -0.1) is 0 Å². The summed E-state index contributed by atoms with van der Waals surface area (Å²) in [6.45, 7) is 1.93. The second-order valence-corrected chi connectivity index (χ2v) is 4.11. The van der Waals surface area contributed by atoms with Crippen molar-refractivity contribution in [2.75, 3.05) is 0 Å². The molecule has 0 aliphatic heterocycles. The van der Waals surface area contributed by atoms with Gasteiger partial charge in [-0.05, 0) is 36.2 Å². The molecule has 1 N–H and O–H groups in total. The summed E-state index contributed by atoms with van der Waals surface area (Å²) in [7, 11) is 0. The number of hydrogen-bond acceptors (Lipinski definition) is 3. The molecule has 0 atom stereocenters. The first-order valence-electron chi connectivity index (χ1n) is 5.19. The Labute approximate surface area is 105 Å². The predicted octanol–water partition coefficient (Wildman–Crippen LogP) is 3.33. The SMILES string of the molecule is Cc1ccc(Oc2ccc(CO)cn2)c(Cl)c1. The fraction of sp³-hybridized carbons (Fsp3) is 0.154. The predicted molar refractivity (Wildman–Crippen MR) is 66.4 cm³/mol. The van der Waals surface area contributed by atoms with E-state index >= 15 is 0 Å². The number of aryl methyl sites for hydroxylation is 1. The van der Waals surface area contributed by atoms with Gasteiger partial charge in [0, 0.05) is 12.3 Å². The number of halogens is 1. The van der Waals surface area contributed by atoms with Gasteiger partial charge in [0.1, 0.15) is 5.75 Å². The molecule has 0 saturated carbocycles. The summed E-state index contributed by atoms with van der Waals surface area (Å²) in [5.41, 5.74) is 1.82. The first-order valence-corrected chi connectivity index (χ1v) is 5.56. The Morgan fingerprint density at radius 2 is 2.12 bits per heavy atom. The molecule has 0 aliphatic rings. The van der Waals surface area contributed by atoms with Crippen LogP contribution in [0.2, 0.25) is 5.02 Å². The lowest BCUT2D eigenvalue weighted by molar-refractivity contribution is 0.281. The average Bonchev–Trinajstić information content (AvgIpc) is 2.34. The molecular formula is C13H12ClNO2. The lowest BCUT2D eigenvalue weighted by Crippen LogP contribution is -1.91. The molecule has 1 heterocycles. The molecule has 2 rings (SSSR count). The highest BCUT2D eigenvalue weighted by molar-refractivity contribution is 6.32. The third-order valence-corrected chi connectivity index (χ3v) is 2.58. The minimum Gasteiger partial charge on any atom is -0.437 e. The minimum absolute atomic E-state index is 0.0292. The van der Waals surface area contributed by atoms with Crippen LogP contribution in [-0.2, 0) is 6.61 Å². The van der Waals surface area contributed by atoms with Crippen LogP contribution >= 0.6 is 11.6 Å². The van der Waals surface area contributed by atoms with Gasteiger partial charge in [-0.2, -0.15) is 0 Å². The summed E-state index contributed by atoms with van der Waals surface area (Å²) >= 11 is 6.05. The highest BCUT2D eigenvalue weighted by Crippen LogP contribution is 2.28. The van der Waals surface area contributed by atoms with Crippen molar-refractivity contribution >= 4 is 11.6 Å². The van der Waals surface area contributed by atoms with Crippen LogP contribution in [0, 0.1) is 6.92 Å². The fourth-order valence-corrected chi connectivity index (χ4v) is 1.64. The molecule has 1 aromatic heterocycles. The molecule has 17 heavy (non-hydrogen) atoms. The molecule has 1 aromatic carbocycles. The molecule has 0 unspecified atom stereocenters. The quantitative estimate of drug-likeness (QED) is 0.907. The maximum atomic E-state index is 8.89. The molecule has 0 bridgehead atoms. The molecule has 4 heteroatoms. The van der Waals surface area contributed by atoms with Crippen LogP contribution in [0.25, 0.3) is 0 Å². The number of aliphatic hydroxyl groups excluding tert-OH is 1. The van der Waals surface area contributed by atoms with Gasteiger partial charge in [0.05, 0.1) is 11.6 Å². The van der Waals surface area contributed by atoms with Crippen molar-refractivity contribution in [1.29, 1.82) is 0 Å². The lowest BCUT2D eigenvalue weighted by Gasteiger charge is -2.07. The van der Waals surface area contributed by atoms with Gasteiger partial charge in [-0.25, -0.2) is 4.98 Å². The Balaban J connectivity index is 2.19. The van der Waals surface area contributed by atoms with Gasteiger partial charge < -0.3 is 9.84 Å². The van der Waals surface area contributed by atoms with Gasteiger partial charge in [0.2, 0.25) is 5.88 Å². The minimum atomic E-state index is -0.0292. The van der Waals surface area contributed by atoms with Gasteiger partial charge in [-0.3, -0.25) is 0 Å². The van der Waals surface area contributed by atoms with E-state index in [0.717, 1.165) is 11.1 Å². The van der Waals surface area contributed by atoms with E-state index in [9.17, 15) is 0 Å². The molecule has 0 amide bonds. The van der Waals surface area contributed by atoms with Crippen LogP contribution in [0.15, 0.2) is 36.5 Å². The Kier molecular flexibility index (Phi) is 3.61. The van der Waals surface area contributed by atoms with Crippen LogP contribution in [0.1, 0.15) is 11.1 Å². The van der Waals surface area contributed by atoms with Crippen molar-refractivity contribution < 1.29 is 9.84 Å². The van der Waals surface area contributed by atoms with E-state index < -0.39 is 0 Å². The largest absolute Gasteiger partial charge is 0.437 e. The maximum Gasteiger partial charge on any atom is 0.219 e. The first kappa shape index (κ1) is 11.9. The van der Waals surface area contributed by atoms with Crippen LogP contribution in [0.3, 0.4) is 0 Å². The molecule has 2 aromatic rings. The van der Waals surface area contributed by atoms with E-state index in [0.29, 0.717) is 16.7 Å². The summed E-state index contributed by atoms with van der Waals surface area (Å²) in [6.07, 6.45) is 1.57. The van der Waals surface area contributed by atoms with Crippen molar-refractivity contribution in [2.24, 2.45) is 0 Å². The monoisotopic (exact) mass is 249 g/mol. The highest BCUT2D eigenvalue weighted by Gasteiger charge is 2.04. The number of aliphatic hydroxyl groups is 1. The smallest absolute Gasteiger partial charge is 0.219 e. The number of benzene rings is 1. The van der Waals surface area contributed by atoms with Crippen LogP contribution in [0.5, 0.6) is 11.6 Å². The highest BCUT2D eigenvalue weighted by atomic mass is 35.5. The van der Waals surface area contributed by atoms with Crippen molar-refractivity contribution in [3.63, 3.8) is 0 Å². The summed E-state index contributed by atoms with van der Waals surface area (Å²) < 4.78 is 5.54. The number of ether oxygens (including phenoxy) is 1. The first-order chi connectivity index (χ1) is 8.19. The molecule has 0 aliphatic carbocycles. The van der Waals surface area contributed by atoms with E-state index in [-0.39, 0.29) is 6.61 Å². The van der Waals surface area contributed by atoms with Crippen LogP contribution in [-0.4, -0.2) is 10.1 Å². The summed E-state index contributed by atoms with van der Waals surface area (Å²) in [4.78, 5) is 4.07. The fourth-order valence-electron chi connectivity index (χ4n) is 1.37. The van der Waals surface area contributed by atoms with Crippen molar-refractivity contribution in [3.05, 3.63) is 52.7 Å². The Bertz CT molecular complexity index is 511. The van der Waals surface area contributed by atoms with Gasteiger partial charge >= 0.3 is 0 Å². The average molecular weight is 250 g/mol. The summed E-state index contributed by atoms with van der Waals surface area (Å²) in [5, 5.41) is 9.44. The molecule has 88 valence electrons. The van der Waals surface area contributed by atoms with Crippen molar-refractivity contribution in [1.82, 2.24) is 4.98 Å². The second kappa shape index (κ2) is 5.17. The Morgan fingerprint density at radius 1 is 1.29 bits per heavy atom. The van der Waals surface area contributed by atoms with Crippen LogP contribution < -0.4 is 4.74 Å². The third-order valence-electron chi connectivity index (χ3n) is 2.28. The standard InChI is InChI=1S/C13H12ClNO2/c1-9-2-4-12(11(14)6-9)17-13-5-3-10(8-16)7-15-13/h2-7,16H,8H2,1H3. The van der Waals surface area contributed by atoms with E-state index in [1.54, 1.807) is 24.4 Å². The zero-order chi connectivity index (χ0) is 12.3. The van der Waals surface area contributed by atoms with E-state index in [1.165, 1.54) is 0 Å². The molecule has 0 radical (unpaired) electrons. The Hall–Kier alpha value is -1.58. The van der Waals surface area contributed by atoms with E-state index in [4.69, 9.17) is 21.4 Å². The lowest BCUT2D eigenvalue weighted by atomic mass is 10.2. The van der Waals surface area contributed by atoms with Gasteiger partial charge in [0.15, 0.2) is 0 Å². The maximum absolute atomic E-state index is 8.89. The zero-order valence-corrected chi connectivity index (χ0v) is 10.1. The number of rotatable bonds is 3. The second-order valence-electron chi connectivity index (χ2n) is 3.70. The van der Waals surface area contributed by atoms with Crippen molar-refractivity contribution in [2.45, 2.75) is 13.5 Å². The Morgan fingerprint density at radius 3 is 2.71 bits per heavy atom. The summed E-state index contributed by atoms with van der Waals surface area (Å²) in [5.74, 6) is 1.02. The third kappa shape index (κ3) is 2.96. The molecule has 0 fully saturated rings. The van der Waals surface area contributed by atoms with Gasteiger partial charge in [0.25, 0.3) is 0 Å². The normalized spacial score (nSPS) is 10.3. The number of hydrogen-bond donors (Lipinski definition) is 1. The summed E-state index contributed by atoms with van der Waals surface area (Å²) in [6, 6.07) is 9.01. The van der Waals surface area contributed by atoms with Crippen LogP contribution in [0.4, 0.5) is 0 Å². The molecular weight excluding hydrogens is 238 g/mol. The van der Waals surface area contributed by atoms with Gasteiger partial charge in [-0.1, -0.05) is 17.7 Å². The molecule has 0 saturated heterocycles. The zero-order valence-electron chi connectivity index (χ0n) is 9.35. The topological polar surface area (TPSA) is 42.4 Å². The van der Waals surface area contributed by atoms with E-state index in [2.05, 4.69) is 4.98 Å². The number of aromatic nitrogens is 1.